The summed E-state index contributed by atoms with van der Waals surface area (Å²) in [4.78, 5) is 12.0. The van der Waals surface area contributed by atoms with Gasteiger partial charge in [0.05, 0.1) is 33.0 Å². The number of aliphatic hydroxyl groups excluding tert-OH is 2. The molecule has 5 heteroatoms. The largest absolute Gasteiger partial charge is 0.394 e. The predicted octanol–water partition coefficient (Wildman–Crippen LogP) is 0.655. The van der Waals surface area contributed by atoms with Gasteiger partial charge in [-0.25, -0.2) is 0 Å². The van der Waals surface area contributed by atoms with Crippen LogP contribution in [0.5, 0.6) is 0 Å². The third kappa shape index (κ3) is 6.58. The molecule has 1 aromatic rings. The lowest BCUT2D eigenvalue weighted by Crippen LogP contribution is -2.29. The van der Waals surface area contributed by atoms with Gasteiger partial charge in [0.15, 0.2) is 5.78 Å². The van der Waals surface area contributed by atoms with Crippen molar-refractivity contribution in [3.63, 3.8) is 0 Å². The van der Waals surface area contributed by atoms with Crippen molar-refractivity contribution >= 4 is 11.9 Å². The average Bonchev–Trinajstić information content (AvgIpc) is 2.49. The van der Waals surface area contributed by atoms with Gasteiger partial charge < -0.3 is 19.7 Å². The quantitative estimate of drug-likeness (QED) is 0.486. The lowest BCUT2D eigenvalue weighted by atomic mass is 10.1. The van der Waals surface area contributed by atoms with E-state index >= 15 is 0 Å². The van der Waals surface area contributed by atoms with Crippen molar-refractivity contribution in [3.8, 4) is 0 Å². The van der Waals surface area contributed by atoms with E-state index in [9.17, 15) is 4.79 Å². The molecular formula is C15H20O5. The van der Waals surface area contributed by atoms with E-state index in [1.165, 1.54) is 6.08 Å². The Morgan fingerprint density at radius 1 is 1.15 bits per heavy atom. The molecule has 0 heterocycles. The van der Waals surface area contributed by atoms with E-state index in [4.69, 9.17) is 19.7 Å². The zero-order chi connectivity index (χ0) is 14.6. The summed E-state index contributed by atoms with van der Waals surface area (Å²) in [6.45, 7) is -0.00178. The molecule has 0 saturated heterocycles. The van der Waals surface area contributed by atoms with E-state index in [0.717, 1.165) is 5.56 Å². The highest BCUT2D eigenvalue weighted by atomic mass is 16.5. The summed E-state index contributed by atoms with van der Waals surface area (Å²) in [5.74, 6) is -0.236. The van der Waals surface area contributed by atoms with Gasteiger partial charge in [-0.05, 0) is 11.6 Å². The molecule has 0 aliphatic carbocycles. The molecule has 2 N–H and O–H groups in total. The van der Waals surface area contributed by atoms with E-state index in [1.807, 2.05) is 30.3 Å². The second-order valence-corrected chi connectivity index (χ2v) is 4.03. The molecular weight excluding hydrogens is 260 g/mol. The van der Waals surface area contributed by atoms with Gasteiger partial charge in [0.2, 0.25) is 0 Å². The van der Waals surface area contributed by atoms with Crippen molar-refractivity contribution in [2.75, 3.05) is 33.0 Å². The Morgan fingerprint density at radius 2 is 1.85 bits per heavy atom. The zero-order valence-corrected chi connectivity index (χ0v) is 11.3. The van der Waals surface area contributed by atoms with E-state index in [2.05, 4.69) is 0 Å². The van der Waals surface area contributed by atoms with Gasteiger partial charge in [0.1, 0.15) is 6.10 Å². The minimum absolute atomic E-state index is 0.0541. The second-order valence-electron chi connectivity index (χ2n) is 4.03. The van der Waals surface area contributed by atoms with Crippen molar-refractivity contribution in [1.82, 2.24) is 0 Å². The smallest absolute Gasteiger partial charge is 0.186 e. The topological polar surface area (TPSA) is 76.0 Å². The molecule has 0 radical (unpaired) electrons. The third-order valence-electron chi connectivity index (χ3n) is 2.47. The molecule has 0 saturated carbocycles. The molecule has 1 unspecified atom stereocenters. The summed E-state index contributed by atoms with van der Waals surface area (Å²) in [7, 11) is 0. The maximum Gasteiger partial charge on any atom is 0.186 e. The highest BCUT2D eigenvalue weighted by molar-refractivity contribution is 5.97. The summed E-state index contributed by atoms with van der Waals surface area (Å²) >= 11 is 0. The van der Waals surface area contributed by atoms with Crippen molar-refractivity contribution < 1.29 is 24.5 Å². The molecule has 1 rings (SSSR count). The molecule has 20 heavy (non-hydrogen) atoms. The number of carbonyl (C=O) groups excluding carboxylic acids is 1. The molecule has 1 atom stereocenters. The molecule has 0 fully saturated rings. The molecule has 1 aromatic carbocycles. The van der Waals surface area contributed by atoms with Gasteiger partial charge in [0, 0.05) is 0 Å². The Kier molecular flexibility index (Phi) is 8.49. The summed E-state index contributed by atoms with van der Waals surface area (Å²) in [6, 6.07) is 9.43. The Labute approximate surface area is 118 Å². The van der Waals surface area contributed by atoms with E-state index in [0.29, 0.717) is 0 Å². The number of ether oxygens (including phenoxy) is 2. The lowest BCUT2D eigenvalue weighted by molar-refractivity contribution is -0.130. The Hall–Kier alpha value is -1.53. The van der Waals surface area contributed by atoms with Gasteiger partial charge >= 0.3 is 0 Å². The minimum Gasteiger partial charge on any atom is -0.394 e. The summed E-state index contributed by atoms with van der Waals surface area (Å²) < 4.78 is 10.3. The van der Waals surface area contributed by atoms with Crippen molar-refractivity contribution in [2.24, 2.45) is 0 Å². The summed E-state index contributed by atoms with van der Waals surface area (Å²) in [5, 5.41) is 17.4. The van der Waals surface area contributed by atoms with Crippen molar-refractivity contribution in [1.29, 1.82) is 0 Å². The molecule has 0 bridgehead atoms. The highest BCUT2D eigenvalue weighted by Crippen LogP contribution is 2.04. The Morgan fingerprint density at radius 3 is 2.50 bits per heavy atom. The number of ketones is 1. The number of carbonyl (C=O) groups is 1. The molecule has 0 aliphatic rings. The number of rotatable bonds is 10. The van der Waals surface area contributed by atoms with Gasteiger partial charge in [-0.3, -0.25) is 4.79 Å². The van der Waals surface area contributed by atoms with Crippen molar-refractivity contribution in [2.45, 2.75) is 6.10 Å². The predicted molar refractivity (Wildman–Crippen MR) is 75.2 cm³/mol. The van der Waals surface area contributed by atoms with Crippen LogP contribution < -0.4 is 0 Å². The molecule has 5 nitrogen and oxygen atoms in total. The highest BCUT2D eigenvalue weighted by Gasteiger charge is 2.16. The first kappa shape index (κ1) is 16.5. The van der Waals surface area contributed by atoms with Crippen LogP contribution in [0.15, 0.2) is 36.4 Å². The van der Waals surface area contributed by atoms with Crippen LogP contribution in [0.3, 0.4) is 0 Å². The van der Waals surface area contributed by atoms with Crippen LogP contribution >= 0.6 is 0 Å². The van der Waals surface area contributed by atoms with Crippen LogP contribution in [-0.4, -0.2) is 55.1 Å². The SMILES string of the molecule is O=C(C=Cc1ccccc1)C(COCCO)OCCO. The Bertz CT molecular complexity index is 402. The fraction of sp³-hybridized carbons (Fsp3) is 0.400. The third-order valence-corrected chi connectivity index (χ3v) is 2.47. The van der Waals surface area contributed by atoms with Crippen LogP contribution in [0.2, 0.25) is 0 Å². The summed E-state index contributed by atoms with van der Waals surface area (Å²) in [6.07, 6.45) is 2.36. The first-order valence-electron chi connectivity index (χ1n) is 6.46. The first-order chi connectivity index (χ1) is 9.77. The van der Waals surface area contributed by atoms with E-state index in [-0.39, 0.29) is 38.8 Å². The Balaban J connectivity index is 2.55. The fourth-order valence-corrected chi connectivity index (χ4v) is 1.51. The molecule has 0 aliphatic heterocycles. The van der Waals surface area contributed by atoms with Gasteiger partial charge in [0.25, 0.3) is 0 Å². The molecule has 0 amide bonds. The lowest BCUT2D eigenvalue weighted by Gasteiger charge is -2.14. The van der Waals surface area contributed by atoms with Crippen LogP contribution in [0.1, 0.15) is 5.56 Å². The molecule has 110 valence electrons. The molecule has 0 aromatic heterocycles. The van der Waals surface area contributed by atoms with E-state index < -0.39 is 6.10 Å². The van der Waals surface area contributed by atoms with Crippen LogP contribution in [0, 0.1) is 0 Å². The zero-order valence-electron chi connectivity index (χ0n) is 11.3. The van der Waals surface area contributed by atoms with Crippen LogP contribution in [0.4, 0.5) is 0 Å². The number of hydrogen-bond acceptors (Lipinski definition) is 5. The average molecular weight is 280 g/mol. The maximum atomic E-state index is 12.0. The van der Waals surface area contributed by atoms with Gasteiger partial charge in [-0.1, -0.05) is 36.4 Å². The number of aliphatic hydroxyl groups is 2. The maximum absolute atomic E-state index is 12.0. The van der Waals surface area contributed by atoms with E-state index in [1.54, 1.807) is 6.08 Å². The number of benzene rings is 1. The second kappa shape index (κ2) is 10.3. The standard InChI is InChI=1S/C15H20O5/c16-8-10-19-12-15(20-11-9-17)14(18)7-6-13-4-2-1-3-5-13/h1-7,15-17H,8-12H2. The van der Waals surface area contributed by atoms with Crippen molar-refractivity contribution in [3.05, 3.63) is 42.0 Å². The molecule has 0 spiro atoms. The number of hydrogen-bond donors (Lipinski definition) is 2. The first-order valence-corrected chi connectivity index (χ1v) is 6.46. The van der Waals surface area contributed by atoms with Crippen LogP contribution in [0.25, 0.3) is 6.08 Å². The summed E-state index contributed by atoms with van der Waals surface area (Å²) in [5.41, 5.74) is 0.915. The minimum atomic E-state index is -0.770. The van der Waals surface area contributed by atoms with Gasteiger partial charge in [-0.15, -0.1) is 0 Å². The monoisotopic (exact) mass is 280 g/mol. The van der Waals surface area contributed by atoms with Crippen LogP contribution in [-0.2, 0) is 14.3 Å². The fourth-order valence-electron chi connectivity index (χ4n) is 1.51. The van der Waals surface area contributed by atoms with Gasteiger partial charge in [-0.2, -0.15) is 0 Å². The normalized spacial score (nSPS) is 12.7.